The van der Waals surface area contributed by atoms with Crippen LogP contribution in [-0.4, -0.2) is 11.9 Å². The summed E-state index contributed by atoms with van der Waals surface area (Å²) < 4.78 is 6.33. The lowest BCUT2D eigenvalue weighted by molar-refractivity contribution is 0.0611. The molecule has 3 aromatic rings. The smallest absolute Gasteiger partial charge is 0.251 e. The first-order chi connectivity index (χ1) is 12.8. The van der Waals surface area contributed by atoms with Crippen molar-refractivity contribution in [2.75, 3.05) is 0 Å². The number of hydrogen-bond acceptors (Lipinski definition) is 2. The fraction of sp³-hybridized carbons (Fsp3) is 0.174. The van der Waals surface area contributed by atoms with E-state index in [0.29, 0.717) is 0 Å². The monoisotopic (exact) mass is 339 g/mol. The van der Waals surface area contributed by atoms with Gasteiger partial charge in [0.2, 0.25) is 0 Å². The normalized spacial score (nSPS) is 27.5. The van der Waals surface area contributed by atoms with Gasteiger partial charge in [-0.2, -0.15) is 0 Å². The fourth-order valence-electron chi connectivity index (χ4n) is 4.87. The van der Waals surface area contributed by atoms with Crippen molar-refractivity contribution in [1.29, 1.82) is 0 Å². The first-order valence-corrected chi connectivity index (χ1v) is 9.06. The molecule has 6 rings (SSSR count). The van der Waals surface area contributed by atoms with Crippen LogP contribution >= 0.6 is 0 Å². The van der Waals surface area contributed by atoms with Crippen molar-refractivity contribution >= 4 is 5.91 Å². The molecule has 126 valence electrons. The summed E-state index contributed by atoms with van der Waals surface area (Å²) in [6.45, 7) is 0. The molecule has 0 aliphatic carbocycles. The minimum Gasteiger partial charge on any atom is -0.363 e. The van der Waals surface area contributed by atoms with E-state index in [1.165, 1.54) is 16.7 Å². The quantitative estimate of drug-likeness (QED) is 0.715. The number of rotatable bonds is 1. The number of benzene rings is 3. The van der Waals surface area contributed by atoms with Crippen molar-refractivity contribution in [3.8, 4) is 11.1 Å². The Balaban J connectivity index is 1.52. The SMILES string of the molecule is O=C1NC2C(c3cc(-c4ccccc4)ccc31)[C@@H]1O[C@H]2c2ccccc21. The summed E-state index contributed by atoms with van der Waals surface area (Å²) >= 11 is 0. The first-order valence-electron chi connectivity index (χ1n) is 9.06. The Kier molecular flexibility index (Phi) is 2.78. The van der Waals surface area contributed by atoms with Gasteiger partial charge in [0.05, 0.1) is 12.1 Å². The molecule has 1 N–H and O–H groups in total. The van der Waals surface area contributed by atoms with Crippen LogP contribution in [0.2, 0.25) is 0 Å². The lowest BCUT2D eigenvalue weighted by atomic mass is 9.73. The van der Waals surface area contributed by atoms with Crippen LogP contribution in [0.5, 0.6) is 0 Å². The highest BCUT2D eigenvalue weighted by molar-refractivity contribution is 5.98. The second-order valence-corrected chi connectivity index (χ2v) is 7.30. The van der Waals surface area contributed by atoms with E-state index in [-0.39, 0.29) is 30.1 Å². The number of carbonyl (C=O) groups is 1. The summed E-state index contributed by atoms with van der Waals surface area (Å²) in [6, 6.07) is 24.9. The third kappa shape index (κ3) is 1.78. The molecular weight excluding hydrogens is 322 g/mol. The Labute approximate surface area is 151 Å². The van der Waals surface area contributed by atoms with E-state index in [1.807, 2.05) is 36.4 Å². The molecule has 2 bridgehead atoms. The van der Waals surface area contributed by atoms with Crippen molar-refractivity contribution in [2.24, 2.45) is 0 Å². The molecule has 3 heterocycles. The average molecular weight is 339 g/mol. The highest BCUT2D eigenvalue weighted by Gasteiger charge is 2.55. The summed E-state index contributed by atoms with van der Waals surface area (Å²) in [7, 11) is 0. The molecule has 1 saturated heterocycles. The van der Waals surface area contributed by atoms with Gasteiger partial charge in [0, 0.05) is 11.5 Å². The number of amides is 1. The number of carbonyl (C=O) groups excluding carboxylic acids is 1. The Hall–Kier alpha value is -2.91. The Morgan fingerprint density at radius 2 is 1.46 bits per heavy atom. The van der Waals surface area contributed by atoms with Crippen molar-refractivity contribution < 1.29 is 9.53 Å². The molecule has 3 aliphatic heterocycles. The second-order valence-electron chi connectivity index (χ2n) is 7.30. The van der Waals surface area contributed by atoms with Crippen molar-refractivity contribution in [2.45, 2.75) is 24.2 Å². The average Bonchev–Trinajstić information content (AvgIpc) is 3.26. The molecule has 4 atom stereocenters. The number of fused-ring (bicyclic) bond motifs is 10. The summed E-state index contributed by atoms with van der Waals surface area (Å²) in [4.78, 5) is 12.7. The predicted octanol–water partition coefficient (Wildman–Crippen LogP) is 4.38. The molecule has 0 saturated carbocycles. The second kappa shape index (κ2) is 5.05. The van der Waals surface area contributed by atoms with Gasteiger partial charge in [-0.1, -0.05) is 60.7 Å². The lowest BCUT2D eigenvalue weighted by Crippen LogP contribution is -2.46. The van der Waals surface area contributed by atoms with Gasteiger partial charge in [0.15, 0.2) is 0 Å². The summed E-state index contributed by atoms with van der Waals surface area (Å²) in [5, 5.41) is 3.20. The van der Waals surface area contributed by atoms with E-state index in [9.17, 15) is 4.79 Å². The fourth-order valence-corrected chi connectivity index (χ4v) is 4.87. The molecule has 3 aromatic carbocycles. The standard InChI is InChI=1S/C23H17NO2/c25-23-17-11-10-14(13-6-2-1-3-7-13)12-18(17)19-20(24-23)22-16-9-5-4-8-15(16)21(19)26-22/h1-12,19-22H,(H,24,25)/t19?,20?,21-,22+/m1/s1. The summed E-state index contributed by atoms with van der Waals surface area (Å²) in [5.74, 6) is 0.181. The molecule has 3 nitrogen and oxygen atoms in total. The van der Waals surface area contributed by atoms with Crippen LogP contribution in [0.25, 0.3) is 11.1 Å². The maximum atomic E-state index is 12.7. The summed E-state index contributed by atoms with van der Waals surface area (Å²) in [6.07, 6.45) is -0.0229. The number of nitrogens with one attached hydrogen (secondary N) is 1. The Morgan fingerprint density at radius 1 is 0.731 bits per heavy atom. The van der Waals surface area contributed by atoms with Crippen LogP contribution in [0.3, 0.4) is 0 Å². The van der Waals surface area contributed by atoms with Crippen LogP contribution in [0.1, 0.15) is 45.2 Å². The zero-order valence-corrected chi connectivity index (χ0v) is 14.1. The third-order valence-corrected chi connectivity index (χ3v) is 6.00. The highest BCUT2D eigenvalue weighted by atomic mass is 16.5. The maximum absolute atomic E-state index is 12.7. The molecular formula is C23H17NO2. The topological polar surface area (TPSA) is 38.3 Å². The van der Waals surface area contributed by atoms with Gasteiger partial charge in [-0.05, 0) is 39.9 Å². The van der Waals surface area contributed by atoms with Crippen LogP contribution in [0.4, 0.5) is 0 Å². The van der Waals surface area contributed by atoms with E-state index in [0.717, 1.165) is 16.7 Å². The molecule has 0 spiro atoms. The summed E-state index contributed by atoms with van der Waals surface area (Å²) in [5.41, 5.74) is 6.70. The van der Waals surface area contributed by atoms with E-state index in [1.54, 1.807) is 0 Å². The minimum absolute atomic E-state index is 0.00879. The zero-order chi connectivity index (χ0) is 17.3. The molecule has 1 fully saturated rings. The van der Waals surface area contributed by atoms with Gasteiger partial charge in [-0.15, -0.1) is 0 Å². The van der Waals surface area contributed by atoms with Crippen molar-refractivity contribution in [3.05, 3.63) is 95.1 Å². The first kappa shape index (κ1) is 14.3. The van der Waals surface area contributed by atoms with Gasteiger partial charge < -0.3 is 10.1 Å². The van der Waals surface area contributed by atoms with Crippen LogP contribution < -0.4 is 5.32 Å². The molecule has 26 heavy (non-hydrogen) atoms. The van der Waals surface area contributed by atoms with Gasteiger partial charge in [-0.25, -0.2) is 0 Å². The third-order valence-electron chi connectivity index (χ3n) is 6.00. The van der Waals surface area contributed by atoms with Gasteiger partial charge in [-0.3, -0.25) is 4.79 Å². The number of hydrogen-bond donors (Lipinski definition) is 1. The number of ether oxygens (including phenoxy) is 1. The van der Waals surface area contributed by atoms with E-state index in [2.05, 4.69) is 41.7 Å². The highest BCUT2D eigenvalue weighted by Crippen LogP contribution is 2.59. The zero-order valence-electron chi connectivity index (χ0n) is 14.1. The molecule has 3 aliphatic rings. The molecule has 0 aromatic heterocycles. The lowest BCUT2D eigenvalue weighted by Gasteiger charge is -2.35. The van der Waals surface area contributed by atoms with Crippen LogP contribution in [0, 0.1) is 0 Å². The predicted molar refractivity (Wildman–Crippen MR) is 98.9 cm³/mol. The maximum Gasteiger partial charge on any atom is 0.251 e. The molecule has 2 unspecified atom stereocenters. The minimum atomic E-state index is -0.0429. The van der Waals surface area contributed by atoms with E-state index in [4.69, 9.17) is 4.74 Å². The van der Waals surface area contributed by atoms with Crippen molar-refractivity contribution in [3.63, 3.8) is 0 Å². The van der Waals surface area contributed by atoms with Gasteiger partial charge in [0.25, 0.3) is 5.91 Å². The molecule has 0 radical (unpaired) electrons. The van der Waals surface area contributed by atoms with E-state index < -0.39 is 0 Å². The van der Waals surface area contributed by atoms with Gasteiger partial charge in [0.1, 0.15) is 6.10 Å². The Morgan fingerprint density at radius 3 is 2.27 bits per heavy atom. The van der Waals surface area contributed by atoms with Crippen molar-refractivity contribution in [1.82, 2.24) is 5.32 Å². The molecule has 3 heteroatoms. The van der Waals surface area contributed by atoms with Crippen LogP contribution in [0.15, 0.2) is 72.8 Å². The Bertz CT molecular complexity index is 1040. The van der Waals surface area contributed by atoms with E-state index >= 15 is 0 Å². The molecule has 1 amide bonds. The largest absolute Gasteiger partial charge is 0.363 e. The van der Waals surface area contributed by atoms with Crippen LogP contribution in [-0.2, 0) is 4.74 Å². The van der Waals surface area contributed by atoms with Gasteiger partial charge >= 0.3 is 0 Å².